The first-order chi connectivity index (χ1) is 13.6. The number of hydrogen-bond donors (Lipinski definition) is 0. The predicted molar refractivity (Wildman–Crippen MR) is 104 cm³/mol. The van der Waals surface area contributed by atoms with Gasteiger partial charge in [-0.1, -0.05) is 24.3 Å². The van der Waals surface area contributed by atoms with E-state index in [0.29, 0.717) is 37.4 Å². The van der Waals surface area contributed by atoms with Crippen molar-refractivity contribution in [3.8, 4) is 11.5 Å². The smallest absolute Gasteiger partial charge is 0.253 e. The van der Waals surface area contributed by atoms with Gasteiger partial charge in [-0.15, -0.1) is 0 Å². The Labute approximate surface area is 164 Å². The fourth-order valence-electron chi connectivity index (χ4n) is 3.66. The quantitative estimate of drug-likeness (QED) is 0.800. The minimum absolute atomic E-state index is 0.0722. The summed E-state index contributed by atoms with van der Waals surface area (Å²) in [5.74, 6) is 1.55. The van der Waals surface area contributed by atoms with Gasteiger partial charge in [0.2, 0.25) is 5.91 Å². The van der Waals surface area contributed by atoms with Crippen molar-refractivity contribution in [3.63, 3.8) is 0 Å². The standard InChI is InChI=1S/C22H24N2O4/c1-23(14-18-15-27-19-8-2-3-9-20(19)28-18)22(26)17-7-4-6-16(12-17)13-24-11-5-10-21(24)25/h2-4,6-9,12,18H,5,10-11,13-15H2,1H3. The molecule has 1 fully saturated rings. The number of likely N-dealkylation sites (N-methyl/N-ethyl adjacent to an activating group) is 1. The van der Waals surface area contributed by atoms with E-state index in [0.717, 1.165) is 24.3 Å². The lowest BCUT2D eigenvalue weighted by Crippen LogP contribution is -2.41. The Bertz CT molecular complexity index is 882. The largest absolute Gasteiger partial charge is 0.486 e. The van der Waals surface area contributed by atoms with Gasteiger partial charge in [-0.2, -0.15) is 0 Å². The Morgan fingerprint density at radius 1 is 1.18 bits per heavy atom. The molecule has 0 N–H and O–H groups in total. The average molecular weight is 380 g/mol. The van der Waals surface area contributed by atoms with Gasteiger partial charge in [-0.25, -0.2) is 0 Å². The first-order valence-corrected chi connectivity index (χ1v) is 9.61. The summed E-state index contributed by atoms with van der Waals surface area (Å²) in [6, 6.07) is 15.0. The normalized spacial score (nSPS) is 18.2. The van der Waals surface area contributed by atoms with Crippen LogP contribution < -0.4 is 9.47 Å². The fourth-order valence-corrected chi connectivity index (χ4v) is 3.66. The van der Waals surface area contributed by atoms with Crippen molar-refractivity contribution in [2.24, 2.45) is 0 Å². The van der Waals surface area contributed by atoms with Gasteiger partial charge >= 0.3 is 0 Å². The van der Waals surface area contributed by atoms with Crippen molar-refractivity contribution >= 4 is 11.8 Å². The van der Waals surface area contributed by atoms with Crippen LogP contribution in [0.15, 0.2) is 48.5 Å². The zero-order chi connectivity index (χ0) is 19.5. The number of likely N-dealkylation sites (tertiary alicyclic amines) is 1. The maximum Gasteiger partial charge on any atom is 0.253 e. The molecule has 1 unspecified atom stereocenters. The van der Waals surface area contributed by atoms with Crippen LogP contribution in [0, 0.1) is 0 Å². The van der Waals surface area contributed by atoms with Gasteiger partial charge in [0.15, 0.2) is 17.6 Å². The minimum Gasteiger partial charge on any atom is -0.486 e. The third kappa shape index (κ3) is 3.96. The third-order valence-electron chi connectivity index (χ3n) is 5.11. The van der Waals surface area contributed by atoms with Crippen LogP contribution in [0.4, 0.5) is 0 Å². The van der Waals surface area contributed by atoms with Crippen molar-refractivity contribution in [2.45, 2.75) is 25.5 Å². The summed E-state index contributed by atoms with van der Waals surface area (Å²) >= 11 is 0. The second-order valence-corrected chi connectivity index (χ2v) is 7.30. The second-order valence-electron chi connectivity index (χ2n) is 7.30. The van der Waals surface area contributed by atoms with Crippen molar-refractivity contribution in [1.29, 1.82) is 0 Å². The van der Waals surface area contributed by atoms with E-state index < -0.39 is 0 Å². The molecule has 28 heavy (non-hydrogen) atoms. The molecule has 2 heterocycles. The van der Waals surface area contributed by atoms with Crippen LogP contribution in [0.25, 0.3) is 0 Å². The van der Waals surface area contributed by atoms with Crippen LogP contribution in [0.3, 0.4) is 0 Å². The molecule has 0 radical (unpaired) electrons. The molecule has 2 aliphatic heterocycles. The number of nitrogens with zero attached hydrogens (tertiary/aromatic N) is 2. The number of benzene rings is 2. The number of rotatable bonds is 5. The van der Waals surface area contributed by atoms with E-state index in [9.17, 15) is 9.59 Å². The van der Waals surface area contributed by atoms with E-state index >= 15 is 0 Å². The molecule has 2 aromatic carbocycles. The van der Waals surface area contributed by atoms with E-state index in [-0.39, 0.29) is 17.9 Å². The highest BCUT2D eigenvalue weighted by Gasteiger charge is 2.25. The highest BCUT2D eigenvalue weighted by Crippen LogP contribution is 2.31. The van der Waals surface area contributed by atoms with Crippen molar-refractivity contribution in [2.75, 3.05) is 26.7 Å². The Kier molecular flexibility index (Phi) is 5.19. The number of amides is 2. The molecule has 1 saturated heterocycles. The van der Waals surface area contributed by atoms with E-state index in [1.54, 1.807) is 11.9 Å². The summed E-state index contributed by atoms with van der Waals surface area (Å²) in [6.45, 7) is 2.19. The van der Waals surface area contributed by atoms with Gasteiger partial charge in [-0.3, -0.25) is 9.59 Å². The van der Waals surface area contributed by atoms with E-state index in [1.165, 1.54) is 0 Å². The first kappa shape index (κ1) is 18.3. The molecule has 1 atom stereocenters. The summed E-state index contributed by atoms with van der Waals surface area (Å²) in [7, 11) is 1.77. The van der Waals surface area contributed by atoms with E-state index in [2.05, 4.69) is 0 Å². The first-order valence-electron chi connectivity index (χ1n) is 9.61. The minimum atomic E-state index is -0.214. The number of carbonyl (C=O) groups excluding carboxylic acids is 2. The Morgan fingerprint density at radius 2 is 2.00 bits per heavy atom. The molecule has 0 aromatic heterocycles. The van der Waals surface area contributed by atoms with Gasteiger partial charge in [0.05, 0.1) is 6.54 Å². The topological polar surface area (TPSA) is 59.1 Å². The van der Waals surface area contributed by atoms with Crippen LogP contribution in [-0.2, 0) is 11.3 Å². The fraction of sp³-hybridized carbons (Fsp3) is 0.364. The molecule has 0 spiro atoms. The molecular weight excluding hydrogens is 356 g/mol. The van der Waals surface area contributed by atoms with E-state index in [1.807, 2.05) is 53.4 Å². The maximum atomic E-state index is 12.9. The molecule has 4 rings (SSSR count). The summed E-state index contributed by atoms with van der Waals surface area (Å²) in [5.41, 5.74) is 1.59. The Balaban J connectivity index is 1.39. The summed E-state index contributed by atoms with van der Waals surface area (Å²) in [6.07, 6.45) is 1.31. The number of fused-ring (bicyclic) bond motifs is 1. The van der Waals surface area contributed by atoms with Crippen LogP contribution in [-0.4, -0.2) is 54.5 Å². The zero-order valence-corrected chi connectivity index (χ0v) is 16.0. The molecule has 6 heteroatoms. The van der Waals surface area contributed by atoms with Gasteiger partial charge in [-0.05, 0) is 36.2 Å². The van der Waals surface area contributed by atoms with Gasteiger partial charge < -0.3 is 19.3 Å². The highest BCUT2D eigenvalue weighted by molar-refractivity contribution is 5.94. The number of ether oxygens (including phenoxy) is 2. The highest BCUT2D eigenvalue weighted by atomic mass is 16.6. The Morgan fingerprint density at radius 3 is 2.79 bits per heavy atom. The Hall–Kier alpha value is -3.02. The lowest BCUT2D eigenvalue weighted by atomic mass is 10.1. The van der Waals surface area contributed by atoms with E-state index in [4.69, 9.17) is 9.47 Å². The molecular formula is C22H24N2O4. The second kappa shape index (κ2) is 7.92. The lowest BCUT2D eigenvalue weighted by Gasteiger charge is -2.29. The zero-order valence-electron chi connectivity index (χ0n) is 16.0. The van der Waals surface area contributed by atoms with Crippen LogP contribution in [0.2, 0.25) is 0 Å². The van der Waals surface area contributed by atoms with Gasteiger partial charge in [0.25, 0.3) is 5.91 Å². The summed E-state index contributed by atoms with van der Waals surface area (Å²) in [5, 5.41) is 0. The summed E-state index contributed by atoms with van der Waals surface area (Å²) < 4.78 is 11.7. The molecule has 146 valence electrons. The van der Waals surface area contributed by atoms with Crippen molar-refractivity contribution in [1.82, 2.24) is 9.80 Å². The average Bonchev–Trinajstić information content (AvgIpc) is 3.12. The molecule has 6 nitrogen and oxygen atoms in total. The number of para-hydroxylation sites is 2. The molecule has 2 aliphatic rings. The monoisotopic (exact) mass is 380 g/mol. The molecule has 2 aromatic rings. The van der Waals surface area contributed by atoms with Crippen LogP contribution in [0.1, 0.15) is 28.8 Å². The lowest BCUT2D eigenvalue weighted by molar-refractivity contribution is -0.128. The number of carbonyl (C=O) groups is 2. The maximum absolute atomic E-state index is 12.9. The SMILES string of the molecule is CN(CC1COc2ccccc2O1)C(=O)c1cccc(CN2CCCC2=O)c1. The van der Waals surface area contributed by atoms with Crippen molar-refractivity contribution in [3.05, 3.63) is 59.7 Å². The van der Waals surface area contributed by atoms with Gasteiger partial charge in [0, 0.05) is 32.1 Å². The van der Waals surface area contributed by atoms with Crippen molar-refractivity contribution < 1.29 is 19.1 Å². The predicted octanol–water partition coefficient (Wildman–Crippen LogP) is 2.72. The molecule has 0 aliphatic carbocycles. The third-order valence-corrected chi connectivity index (χ3v) is 5.11. The molecule has 0 bridgehead atoms. The van der Waals surface area contributed by atoms with Crippen LogP contribution in [0.5, 0.6) is 11.5 Å². The molecule has 2 amide bonds. The molecule has 0 saturated carbocycles. The summed E-state index contributed by atoms with van der Waals surface area (Å²) in [4.78, 5) is 28.2. The number of hydrogen-bond acceptors (Lipinski definition) is 4. The van der Waals surface area contributed by atoms with Crippen LogP contribution >= 0.6 is 0 Å². The van der Waals surface area contributed by atoms with Gasteiger partial charge in [0.1, 0.15) is 6.61 Å².